The maximum absolute atomic E-state index is 10.7. The Morgan fingerprint density at radius 2 is 2.30 bits per heavy atom. The van der Waals surface area contributed by atoms with E-state index in [0.717, 1.165) is 6.20 Å². The molecular formula is C5H10N4O. The van der Waals surface area contributed by atoms with Crippen molar-refractivity contribution in [1.82, 2.24) is 5.43 Å². The van der Waals surface area contributed by atoms with Gasteiger partial charge in [-0.2, -0.15) is 0 Å². The summed E-state index contributed by atoms with van der Waals surface area (Å²) in [7, 11) is 1.54. The van der Waals surface area contributed by atoms with Crippen molar-refractivity contribution in [3.05, 3.63) is 11.8 Å². The van der Waals surface area contributed by atoms with Gasteiger partial charge in [0.15, 0.2) is 0 Å². The summed E-state index contributed by atoms with van der Waals surface area (Å²) in [6.07, 6.45) is 2.46. The fourth-order valence-corrected chi connectivity index (χ4v) is 0.400. The third-order valence-electron chi connectivity index (χ3n) is 0.841. The number of nitrogens with zero attached hydrogens (tertiary/aromatic N) is 1. The molecule has 5 N–H and O–H groups in total. The van der Waals surface area contributed by atoms with Crippen molar-refractivity contribution in [3.63, 3.8) is 0 Å². The number of nitrogens with one attached hydrogen (secondary N) is 1. The lowest BCUT2D eigenvalue weighted by atomic mass is 10.3. The molecule has 0 unspecified atom stereocenters. The Balaban J connectivity index is 4.23. The van der Waals surface area contributed by atoms with E-state index in [-0.39, 0.29) is 5.57 Å². The molecule has 5 heteroatoms. The van der Waals surface area contributed by atoms with E-state index in [0.29, 0.717) is 0 Å². The summed E-state index contributed by atoms with van der Waals surface area (Å²) in [6, 6.07) is 0. The Kier molecular flexibility index (Phi) is 3.90. The van der Waals surface area contributed by atoms with Gasteiger partial charge in [0, 0.05) is 19.5 Å². The molecule has 0 saturated carbocycles. The zero-order valence-corrected chi connectivity index (χ0v) is 5.66. The maximum Gasteiger partial charge on any atom is 0.268 e. The lowest BCUT2D eigenvalue weighted by Crippen LogP contribution is -2.32. The topological polar surface area (TPSA) is 93.5 Å². The standard InChI is InChI=1S/C5H10N4O/c1-8-3-4(2-6)5(10)9-7/h2-3H,6-7H2,1H3,(H,9,10). The van der Waals surface area contributed by atoms with Crippen LogP contribution in [0.2, 0.25) is 0 Å². The van der Waals surface area contributed by atoms with Crippen molar-refractivity contribution in [3.8, 4) is 0 Å². The number of rotatable bonds is 2. The minimum Gasteiger partial charge on any atom is -0.404 e. The van der Waals surface area contributed by atoms with Gasteiger partial charge in [-0.3, -0.25) is 15.2 Å². The van der Waals surface area contributed by atoms with Gasteiger partial charge in [0.25, 0.3) is 5.91 Å². The molecule has 0 aliphatic carbocycles. The Morgan fingerprint density at radius 3 is 2.60 bits per heavy atom. The van der Waals surface area contributed by atoms with Crippen molar-refractivity contribution in [1.29, 1.82) is 0 Å². The van der Waals surface area contributed by atoms with E-state index in [4.69, 9.17) is 11.6 Å². The van der Waals surface area contributed by atoms with Crippen LogP contribution in [0, 0.1) is 0 Å². The van der Waals surface area contributed by atoms with Gasteiger partial charge < -0.3 is 5.73 Å². The second-order valence-corrected chi connectivity index (χ2v) is 1.48. The predicted molar refractivity (Wildman–Crippen MR) is 39.0 cm³/mol. The summed E-state index contributed by atoms with van der Waals surface area (Å²) in [5.41, 5.74) is 7.23. The first-order valence-electron chi connectivity index (χ1n) is 2.61. The van der Waals surface area contributed by atoms with Gasteiger partial charge in [-0.1, -0.05) is 0 Å². The van der Waals surface area contributed by atoms with Crippen LogP contribution in [0.25, 0.3) is 0 Å². The number of aliphatic imine (C=N–C) groups is 1. The molecular weight excluding hydrogens is 132 g/mol. The molecule has 0 atom stereocenters. The summed E-state index contributed by atoms with van der Waals surface area (Å²) in [4.78, 5) is 14.2. The first kappa shape index (κ1) is 8.64. The Morgan fingerprint density at radius 1 is 1.70 bits per heavy atom. The van der Waals surface area contributed by atoms with Crippen LogP contribution in [-0.2, 0) is 4.79 Å². The lowest BCUT2D eigenvalue weighted by molar-refractivity contribution is -0.117. The van der Waals surface area contributed by atoms with Crippen LogP contribution in [0.4, 0.5) is 0 Å². The first-order chi connectivity index (χ1) is 4.76. The Hall–Kier alpha value is -1.36. The summed E-state index contributed by atoms with van der Waals surface area (Å²) in [5.74, 6) is 4.37. The molecule has 0 radical (unpaired) electrons. The summed E-state index contributed by atoms with van der Waals surface area (Å²) in [5, 5.41) is 0. The molecule has 0 rings (SSSR count). The van der Waals surface area contributed by atoms with Crippen LogP contribution in [-0.4, -0.2) is 19.2 Å². The van der Waals surface area contributed by atoms with E-state index in [9.17, 15) is 4.79 Å². The van der Waals surface area contributed by atoms with Crippen molar-refractivity contribution in [2.75, 3.05) is 7.05 Å². The number of nitrogens with two attached hydrogens (primary N) is 2. The zero-order valence-electron chi connectivity index (χ0n) is 5.66. The number of amides is 1. The van der Waals surface area contributed by atoms with Gasteiger partial charge in [0.05, 0.1) is 5.57 Å². The highest BCUT2D eigenvalue weighted by atomic mass is 16.2. The predicted octanol–water partition coefficient (Wildman–Crippen LogP) is -1.48. The largest absolute Gasteiger partial charge is 0.404 e. The fourth-order valence-electron chi connectivity index (χ4n) is 0.400. The van der Waals surface area contributed by atoms with Crippen molar-refractivity contribution < 1.29 is 4.79 Å². The van der Waals surface area contributed by atoms with E-state index >= 15 is 0 Å². The molecule has 5 nitrogen and oxygen atoms in total. The monoisotopic (exact) mass is 142 g/mol. The number of hydrogen-bond acceptors (Lipinski definition) is 4. The van der Waals surface area contributed by atoms with E-state index in [2.05, 4.69) is 4.99 Å². The molecule has 0 saturated heterocycles. The van der Waals surface area contributed by atoms with Crippen molar-refractivity contribution in [2.45, 2.75) is 0 Å². The smallest absolute Gasteiger partial charge is 0.268 e. The molecule has 0 aromatic carbocycles. The average Bonchev–Trinajstić information content (AvgIpc) is 1.99. The SMILES string of the molecule is CN=CC(=CN)C(=O)NN. The minimum atomic E-state index is -0.451. The maximum atomic E-state index is 10.7. The Bertz CT molecular complexity index is 172. The second kappa shape index (κ2) is 4.51. The quantitative estimate of drug-likeness (QED) is 0.144. The highest BCUT2D eigenvalue weighted by Crippen LogP contribution is 1.84. The summed E-state index contributed by atoms with van der Waals surface area (Å²) < 4.78 is 0. The van der Waals surface area contributed by atoms with Gasteiger partial charge in [0.2, 0.25) is 0 Å². The second-order valence-electron chi connectivity index (χ2n) is 1.48. The van der Waals surface area contributed by atoms with Gasteiger partial charge in [-0.25, -0.2) is 5.84 Å². The molecule has 1 amide bonds. The van der Waals surface area contributed by atoms with Crippen LogP contribution < -0.4 is 17.0 Å². The molecule has 0 aliphatic rings. The number of hydrazine groups is 1. The van der Waals surface area contributed by atoms with E-state index in [1.165, 1.54) is 13.3 Å². The van der Waals surface area contributed by atoms with Gasteiger partial charge in [-0.05, 0) is 0 Å². The van der Waals surface area contributed by atoms with Gasteiger partial charge in [-0.15, -0.1) is 0 Å². The van der Waals surface area contributed by atoms with Gasteiger partial charge in [0.1, 0.15) is 0 Å². The van der Waals surface area contributed by atoms with Crippen LogP contribution in [0.5, 0.6) is 0 Å². The van der Waals surface area contributed by atoms with Crippen LogP contribution in [0.3, 0.4) is 0 Å². The minimum absolute atomic E-state index is 0.241. The molecule has 0 bridgehead atoms. The van der Waals surface area contributed by atoms with Crippen LogP contribution in [0.15, 0.2) is 16.8 Å². The number of carbonyl (C=O) groups is 1. The average molecular weight is 142 g/mol. The highest BCUT2D eigenvalue weighted by molar-refractivity contribution is 6.11. The van der Waals surface area contributed by atoms with Crippen LogP contribution in [0.1, 0.15) is 0 Å². The molecule has 0 heterocycles. The summed E-state index contributed by atoms with van der Waals surface area (Å²) in [6.45, 7) is 0. The third kappa shape index (κ3) is 2.27. The molecule has 0 aromatic rings. The van der Waals surface area contributed by atoms with E-state index < -0.39 is 5.91 Å². The van der Waals surface area contributed by atoms with Crippen LogP contribution >= 0.6 is 0 Å². The lowest BCUT2D eigenvalue weighted by Gasteiger charge is -1.95. The molecule has 0 aromatic heterocycles. The number of hydrogen-bond donors (Lipinski definition) is 3. The molecule has 0 aliphatic heterocycles. The Labute approximate surface area is 58.8 Å². The van der Waals surface area contributed by atoms with Gasteiger partial charge >= 0.3 is 0 Å². The zero-order chi connectivity index (χ0) is 7.98. The molecule has 0 spiro atoms. The molecule has 0 fully saturated rings. The van der Waals surface area contributed by atoms with Crippen molar-refractivity contribution in [2.24, 2.45) is 16.6 Å². The number of carbonyl (C=O) groups excluding carboxylic acids is 1. The molecule has 10 heavy (non-hydrogen) atoms. The third-order valence-corrected chi connectivity index (χ3v) is 0.841. The van der Waals surface area contributed by atoms with E-state index in [1.54, 1.807) is 0 Å². The normalized spacial score (nSPS) is 12.0. The molecule has 56 valence electrons. The first-order valence-corrected chi connectivity index (χ1v) is 2.61. The fraction of sp³-hybridized carbons (Fsp3) is 0.200. The summed E-state index contributed by atoms with van der Waals surface area (Å²) >= 11 is 0. The highest BCUT2D eigenvalue weighted by Gasteiger charge is 2.01. The van der Waals surface area contributed by atoms with Crippen molar-refractivity contribution >= 4 is 12.1 Å². The van der Waals surface area contributed by atoms with E-state index in [1.807, 2.05) is 5.43 Å².